The Morgan fingerprint density at radius 1 is 1.55 bits per heavy atom. The second kappa shape index (κ2) is 5.99. The maximum atomic E-state index is 14.4. The number of nitrogens with one attached hydrogen (secondary N) is 1. The zero-order chi connectivity index (χ0) is 14.9. The molecule has 6 atom stereocenters. The highest BCUT2D eigenvalue weighted by Crippen LogP contribution is 2.54. The molecule has 0 saturated heterocycles. The Bertz CT molecular complexity index is 374. The maximum Gasteiger partial charge on any atom is 0.323 e. The molecule has 0 amide bonds. The molecular formula is C13H23BFN2O3. The van der Waals surface area contributed by atoms with E-state index in [1.807, 2.05) is 0 Å². The Balaban J connectivity index is 2.16. The maximum absolute atomic E-state index is 14.4. The van der Waals surface area contributed by atoms with Crippen LogP contribution in [0.25, 0.3) is 0 Å². The molecule has 1 radical (unpaired) electrons. The van der Waals surface area contributed by atoms with Gasteiger partial charge in [0.1, 0.15) is 11.7 Å². The van der Waals surface area contributed by atoms with Gasteiger partial charge >= 0.3 is 5.97 Å². The van der Waals surface area contributed by atoms with Crippen molar-refractivity contribution in [3.63, 3.8) is 0 Å². The number of fused-ring (bicyclic) bond motifs is 1. The lowest BCUT2D eigenvalue weighted by atomic mass is 9.77. The molecule has 0 aromatic rings. The van der Waals surface area contributed by atoms with Crippen LogP contribution in [0.15, 0.2) is 0 Å². The summed E-state index contributed by atoms with van der Waals surface area (Å²) in [4.78, 5) is 11.5. The SMILES string of the molecule is CN[C@H]1C[C@@H]2[C@@H](C[C@@](N)(C(=O)O)[C@H]2CCC[B]O)[C@@H]1F. The number of aliphatic carboxylic acids is 1. The van der Waals surface area contributed by atoms with E-state index in [0.717, 1.165) is 7.48 Å². The summed E-state index contributed by atoms with van der Waals surface area (Å²) in [7, 11) is 2.81. The van der Waals surface area contributed by atoms with E-state index in [1.54, 1.807) is 7.05 Å². The number of carboxylic acids is 1. The zero-order valence-corrected chi connectivity index (χ0v) is 11.8. The normalized spacial score (nSPS) is 43.5. The summed E-state index contributed by atoms with van der Waals surface area (Å²) in [6.07, 6.45) is 1.63. The molecule has 2 aliphatic rings. The van der Waals surface area contributed by atoms with Crippen molar-refractivity contribution in [3.05, 3.63) is 0 Å². The van der Waals surface area contributed by atoms with Crippen LogP contribution in [0.3, 0.4) is 0 Å². The van der Waals surface area contributed by atoms with Gasteiger partial charge in [0.15, 0.2) is 0 Å². The molecule has 113 valence electrons. The monoisotopic (exact) mass is 285 g/mol. The molecular weight excluding hydrogens is 262 g/mol. The number of hydrogen-bond donors (Lipinski definition) is 4. The average Bonchev–Trinajstić information content (AvgIpc) is 2.86. The molecule has 0 aromatic heterocycles. The van der Waals surface area contributed by atoms with Crippen molar-refractivity contribution in [3.8, 4) is 0 Å². The van der Waals surface area contributed by atoms with E-state index in [9.17, 15) is 14.3 Å². The van der Waals surface area contributed by atoms with E-state index in [-0.39, 0.29) is 30.2 Å². The molecule has 5 nitrogen and oxygen atoms in total. The molecule has 2 aliphatic carbocycles. The lowest BCUT2D eigenvalue weighted by molar-refractivity contribution is -0.145. The van der Waals surface area contributed by atoms with Crippen LogP contribution < -0.4 is 11.1 Å². The van der Waals surface area contributed by atoms with Crippen LogP contribution in [0.2, 0.25) is 6.32 Å². The van der Waals surface area contributed by atoms with Gasteiger partial charge in [-0.05, 0) is 44.1 Å². The summed E-state index contributed by atoms with van der Waals surface area (Å²) >= 11 is 0. The van der Waals surface area contributed by atoms with Gasteiger partial charge in [0.2, 0.25) is 0 Å². The number of rotatable bonds is 6. The van der Waals surface area contributed by atoms with Gasteiger partial charge in [0.05, 0.1) is 0 Å². The lowest BCUT2D eigenvalue weighted by Crippen LogP contribution is -2.53. The number of halogens is 1. The van der Waals surface area contributed by atoms with Crippen LogP contribution >= 0.6 is 0 Å². The number of nitrogens with two attached hydrogens (primary N) is 1. The van der Waals surface area contributed by atoms with Crippen LogP contribution in [-0.2, 0) is 4.79 Å². The first kappa shape index (κ1) is 15.7. The van der Waals surface area contributed by atoms with Crippen LogP contribution in [-0.4, -0.2) is 48.4 Å². The summed E-state index contributed by atoms with van der Waals surface area (Å²) in [5.41, 5.74) is 4.78. The minimum absolute atomic E-state index is 0.0160. The van der Waals surface area contributed by atoms with Gasteiger partial charge < -0.3 is 21.2 Å². The molecule has 0 bridgehead atoms. The predicted octanol–water partition coefficient (Wildman–Crippen LogP) is 0.161. The number of carbonyl (C=O) groups is 1. The second-order valence-electron chi connectivity index (χ2n) is 6.17. The third-order valence-electron chi connectivity index (χ3n) is 5.24. The fourth-order valence-corrected chi connectivity index (χ4v) is 4.21. The van der Waals surface area contributed by atoms with Gasteiger partial charge in [0.25, 0.3) is 7.48 Å². The van der Waals surface area contributed by atoms with Gasteiger partial charge in [-0.2, -0.15) is 0 Å². The van der Waals surface area contributed by atoms with Crippen molar-refractivity contribution in [2.75, 3.05) is 7.05 Å². The number of hydrogen-bond acceptors (Lipinski definition) is 4. The molecule has 2 fully saturated rings. The molecule has 5 N–H and O–H groups in total. The highest BCUT2D eigenvalue weighted by atomic mass is 19.1. The first-order valence-corrected chi connectivity index (χ1v) is 7.25. The average molecular weight is 285 g/mol. The molecule has 2 rings (SSSR count). The Labute approximate surface area is 119 Å². The highest BCUT2D eigenvalue weighted by Gasteiger charge is 2.61. The molecule has 0 aromatic carbocycles. The Kier molecular flexibility index (Phi) is 4.71. The van der Waals surface area contributed by atoms with Gasteiger partial charge in [-0.25, -0.2) is 4.39 Å². The van der Waals surface area contributed by atoms with Crippen molar-refractivity contribution in [2.45, 2.75) is 49.8 Å². The van der Waals surface area contributed by atoms with Crippen molar-refractivity contribution in [1.82, 2.24) is 5.32 Å². The smallest absolute Gasteiger partial charge is 0.323 e. The van der Waals surface area contributed by atoms with Gasteiger partial charge in [0, 0.05) is 6.04 Å². The van der Waals surface area contributed by atoms with Crippen molar-refractivity contribution in [1.29, 1.82) is 0 Å². The van der Waals surface area contributed by atoms with Gasteiger partial charge in [-0.3, -0.25) is 4.79 Å². The summed E-state index contributed by atoms with van der Waals surface area (Å²) < 4.78 is 14.4. The van der Waals surface area contributed by atoms with Crippen molar-refractivity contribution in [2.24, 2.45) is 23.5 Å². The molecule has 7 heteroatoms. The van der Waals surface area contributed by atoms with E-state index in [1.165, 1.54) is 0 Å². The first-order chi connectivity index (χ1) is 9.45. The molecule has 0 aliphatic heterocycles. The van der Waals surface area contributed by atoms with Gasteiger partial charge in [-0.15, -0.1) is 0 Å². The van der Waals surface area contributed by atoms with Gasteiger partial charge in [-0.1, -0.05) is 12.7 Å². The van der Waals surface area contributed by atoms with E-state index < -0.39 is 17.7 Å². The fraction of sp³-hybridized carbons (Fsp3) is 0.923. The third kappa shape index (κ3) is 2.47. The second-order valence-corrected chi connectivity index (χ2v) is 6.17. The van der Waals surface area contributed by atoms with Crippen molar-refractivity contribution >= 4 is 13.5 Å². The Morgan fingerprint density at radius 3 is 2.80 bits per heavy atom. The number of carboxylic acid groups (broad SMARTS) is 1. The summed E-state index contributed by atoms with van der Waals surface area (Å²) in [5.74, 6) is -1.50. The molecule has 0 heterocycles. The molecule has 0 spiro atoms. The molecule has 20 heavy (non-hydrogen) atoms. The quantitative estimate of drug-likeness (QED) is 0.412. The standard InChI is InChI=1S/C13H23BFN2O3/c1-17-10-5-7-8(11(10)15)6-13(16,12(18)19)9(7)3-2-4-14-20/h7-11,17,20H,2-6,16H2,1H3,(H,18,19)/t7-,8-,9+,10+,11+,13+/m1/s1. The van der Waals surface area contributed by atoms with Crippen LogP contribution in [0.4, 0.5) is 4.39 Å². The minimum atomic E-state index is -1.33. The van der Waals surface area contributed by atoms with E-state index in [4.69, 9.17) is 10.8 Å². The van der Waals surface area contributed by atoms with Crippen molar-refractivity contribution < 1.29 is 19.3 Å². The Morgan fingerprint density at radius 2 is 2.25 bits per heavy atom. The Hall–Kier alpha value is -0.655. The van der Waals surface area contributed by atoms with Crippen LogP contribution in [0.1, 0.15) is 25.7 Å². The summed E-state index contributed by atoms with van der Waals surface area (Å²) in [6.45, 7) is 0. The van der Waals surface area contributed by atoms with Crippen LogP contribution in [0, 0.1) is 17.8 Å². The zero-order valence-electron chi connectivity index (χ0n) is 11.8. The summed E-state index contributed by atoms with van der Waals surface area (Å²) in [5, 5.41) is 21.2. The largest absolute Gasteiger partial charge is 0.480 e. The molecule has 0 unspecified atom stereocenters. The summed E-state index contributed by atoms with van der Waals surface area (Å²) in [6, 6.07) is -0.199. The first-order valence-electron chi connectivity index (χ1n) is 7.25. The van der Waals surface area contributed by atoms with E-state index in [2.05, 4.69) is 5.32 Å². The topological polar surface area (TPSA) is 95.6 Å². The lowest BCUT2D eigenvalue weighted by Gasteiger charge is -2.31. The van der Waals surface area contributed by atoms with E-state index >= 15 is 0 Å². The van der Waals surface area contributed by atoms with Crippen LogP contribution in [0.5, 0.6) is 0 Å². The highest BCUT2D eigenvalue weighted by molar-refractivity contribution is 6.25. The molecule has 2 saturated carbocycles. The predicted molar refractivity (Wildman–Crippen MR) is 74.0 cm³/mol. The van der Waals surface area contributed by atoms with E-state index in [0.29, 0.717) is 25.6 Å². The fourth-order valence-electron chi connectivity index (χ4n) is 4.21. The third-order valence-corrected chi connectivity index (χ3v) is 5.24. The number of alkyl halides is 1. The minimum Gasteiger partial charge on any atom is -0.480 e.